The Balaban J connectivity index is 2.11. The maximum atomic E-state index is 4.65. The monoisotopic (exact) mass is 202 g/mol. The van der Waals surface area contributed by atoms with Crippen molar-refractivity contribution in [3.05, 3.63) is 18.1 Å². The van der Waals surface area contributed by atoms with Gasteiger partial charge in [-0.25, -0.2) is 9.97 Å². The molecule has 0 atom stereocenters. The second-order valence-electron chi connectivity index (χ2n) is 5.62. The predicted molar refractivity (Wildman–Crippen MR) is 65.1 cm³/mol. The second-order valence-corrected chi connectivity index (χ2v) is 5.62. The van der Waals surface area contributed by atoms with Crippen molar-refractivity contribution < 1.29 is 0 Å². The number of hydrogen-bond acceptors (Lipinski definition) is 2. The van der Waals surface area contributed by atoms with E-state index >= 15 is 0 Å². The van der Waals surface area contributed by atoms with Gasteiger partial charge in [0.25, 0.3) is 0 Å². The van der Waals surface area contributed by atoms with Crippen molar-refractivity contribution in [1.82, 2.24) is 9.97 Å². The molecule has 1 aromatic heterocycles. The Morgan fingerprint density at radius 1 is 1.33 bits per heavy atom. The quantitative estimate of drug-likeness (QED) is 0.683. The summed E-state index contributed by atoms with van der Waals surface area (Å²) < 4.78 is 0. The van der Waals surface area contributed by atoms with Gasteiger partial charge < -0.3 is 0 Å². The molecule has 2 nitrogen and oxygen atoms in total. The summed E-state index contributed by atoms with van der Waals surface area (Å²) in [6.07, 6.45) is 6.08. The highest BCUT2D eigenvalue weighted by atomic mass is 14.9. The molecule has 2 rings (SSSR count). The SMILES string of the molecule is CC(C)(C)c1nccc(BC2CCC2)n1. The molecule has 0 radical (unpaired) electrons. The Kier molecular flexibility index (Phi) is 2.81. The van der Waals surface area contributed by atoms with Crippen LogP contribution in [0.4, 0.5) is 0 Å². The highest BCUT2D eigenvalue weighted by molar-refractivity contribution is 6.54. The van der Waals surface area contributed by atoms with E-state index in [1.54, 1.807) is 0 Å². The maximum absolute atomic E-state index is 4.65. The van der Waals surface area contributed by atoms with Gasteiger partial charge in [0.1, 0.15) is 5.82 Å². The fourth-order valence-electron chi connectivity index (χ4n) is 1.86. The van der Waals surface area contributed by atoms with Gasteiger partial charge in [-0.2, -0.15) is 0 Å². The zero-order valence-corrected chi connectivity index (χ0v) is 9.95. The minimum absolute atomic E-state index is 0.0651. The lowest BCUT2D eigenvalue weighted by atomic mass is 9.53. The summed E-state index contributed by atoms with van der Waals surface area (Å²) in [6, 6.07) is 2.06. The molecule has 0 bridgehead atoms. The van der Waals surface area contributed by atoms with E-state index in [-0.39, 0.29) is 5.41 Å². The van der Waals surface area contributed by atoms with E-state index in [1.807, 2.05) is 6.20 Å². The van der Waals surface area contributed by atoms with Crippen LogP contribution >= 0.6 is 0 Å². The Hall–Kier alpha value is -0.855. The number of rotatable bonds is 2. The van der Waals surface area contributed by atoms with Gasteiger partial charge in [0.15, 0.2) is 7.28 Å². The average molecular weight is 202 g/mol. The van der Waals surface area contributed by atoms with E-state index in [9.17, 15) is 0 Å². The first kappa shape index (κ1) is 10.7. The van der Waals surface area contributed by atoms with Crippen molar-refractivity contribution in [3.63, 3.8) is 0 Å². The van der Waals surface area contributed by atoms with Crippen LogP contribution in [0.2, 0.25) is 5.82 Å². The predicted octanol–water partition coefficient (Wildman–Crippen LogP) is 1.81. The Morgan fingerprint density at radius 2 is 2.07 bits per heavy atom. The maximum Gasteiger partial charge on any atom is 0.185 e. The molecule has 0 aromatic carbocycles. The number of aromatic nitrogens is 2. The molecule has 1 aliphatic carbocycles. The molecule has 0 amide bonds. The van der Waals surface area contributed by atoms with Gasteiger partial charge >= 0.3 is 0 Å². The van der Waals surface area contributed by atoms with Crippen molar-refractivity contribution in [2.24, 2.45) is 0 Å². The second kappa shape index (κ2) is 3.95. The minimum atomic E-state index is 0.0651. The molecular weight excluding hydrogens is 183 g/mol. The van der Waals surface area contributed by atoms with Gasteiger partial charge in [0.2, 0.25) is 0 Å². The molecule has 1 aliphatic rings. The van der Waals surface area contributed by atoms with E-state index in [4.69, 9.17) is 0 Å². The van der Waals surface area contributed by atoms with Gasteiger partial charge in [-0.1, -0.05) is 45.9 Å². The van der Waals surface area contributed by atoms with Crippen LogP contribution < -0.4 is 5.59 Å². The fraction of sp³-hybridized carbons (Fsp3) is 0.667. The van der Waals surface area contributed by atoms with Crippen LogP contribution in [0.5, 0.6) is 0 Å². The average Bonchev–Trinajstić information content (AvgIpc) is 2.11. The third-order valence-electron chi connectivity index (χ3n) is 3.11. The molecule has 0 unspecified atom stereocenters. The molecule has 0 aliphatic heterocycles. The summed E-state index contributed by atoms with van der Waals surface area (Å²) >= 11 is 0. The fourth-order valence-corrected chi connectivity index (χ4v) is 1.86. The third kappa shape index (κ3) is 2.58. The summed E-state index contributed by atoms with van der Waals surface area (Å²) in [7, 11) is 1.14. The van der Waals surface area contributed by atoms with Gasteiger partial charge in [-0.15, -0.1) is 0 Å². The van der Waals surface area contributed by atoms with Crippen molar-refractivity contribution in [2.45, 2.75) is 51.3 Å². The van der Waals surface area contributed by atoms with Crippen LogP contribution in [-0.2, 0) is 5.41 Å². The largest absolute Gasteiger partial charge is 0.248 e. The first-order chi connectivity index (χ1) is 7.05. The molecule has 3 heteroatoms. The van der Waals surface area contributed by atoms with Crippen molar-refractivity contribution in [2.75, 3.05) is 0 Å². The van der Waals surface area contributed by atoms with Crippen LogP contribution in [0.3, 0.4) is 0 Å². The molecule has 1 aromatic rings. The molecule has 15 heavy (non-hydrogen) atoms. The first-order valence-electron chi connectivity index (χ1n) is 5.88. The molecule has 0 saturated heterocycles. The van der Waals surface area contributed by atoms with Crippen molar-refractivity contribution in [3.8, 4) is 0 Å². The van der Waals surface area contributed by atoms with Gasteiger partial charge in [0.05, 0.1) is 0 Å². The smallest absolute Gasteiger partial charge is 0.185 e. The molecule has 1 heterocycles. The van der Waals surface area contributed by atoms with Crippen LogP contribution in [0, 0.1) is 0 Å². The van der Waals surface area contributed by atoms with Crippen LogP contribution in [0.1, 0.15) is 45.9 Å². The molecule has 1 fully saturated rings. The summed E-state index contributed by atoms with van der Waals surface area (Å²) in [5, 5.41) is 0. The first-order valence-corrected chi connectivity index (χ1v) is 5.88. The van der Waals surface area contributed by atoms with Crippen LogP contribution in [-0.4, -0.2) is 17.2 Å². The van der Waals surface area contributed by atoms with Gasteiger partial charge in [0, 0.05) is 17.2 Å². The summed E-state index contributed by atoms with van der Waals surface area (Å²) in [4.78, 5) is 9.01. The van der Waals surface area contributed by atoms with Crippen molar-refractivity contribution >= 4 is 12.9 Å². The lowest BCUT2D eigenvalue weighted by Crippen LogP contribution is -2.30. The van der Waals surface area contributed by atoms with E-state index in [2.05, 4.69) is 36.8 Å². The summed E-state index contributed by atoms with van der Waals surface area (Å²) in [5.41, 5.74) is 1.29. The van der Waals surface area contributed by atoms with Gasteiger partial charge in [-0.05, 0) is 6.07 Å². The Bertz CT molecular complexity index is 340. The topological polar surface area (TPSA) is 25.8 Å². The Morgan fingerprint density at radius 3 is 2.60 bits per heavy atom. The third-order valence-corrected chi connectivity index (χ3v) is 3.11. The standard InChI is InChI=1S/C12H19BN2/c1-12(2,3)11-14-8-7-10(15-11)13-9-5-4-6-9/h7-9,13H,4-6H2,1-3H3. The van der Waals surface area contributed by atoms with E-state index in [0.29, 0.717) is 0 Å². The molecule has 1 saturated carbocycles. The molecule has 0 spiro atoms. The van der Waals surface area contributed by atoms with E-state index in [0.717, 1.165) is 18.9 Å². The zero-order valence-electron chi connectivity index (χ0n) is 9.95. The van der Waals surface area contributed by atoms with E-state index < -0.39 is 0 Å². The minimum Gasteiger partial charge on any atom is -0.248 e. The van der Waals surface area contributed by atoms with Crippen LogP contribution in [0.25, 0.3) is 0 Å². The number of nitrogens with zero attached hydrogens (tertiary/aromatic N) is 2. The molecule has 80 valence electrons. The molecule has 0 N–H and O–H groups in total. The van der Waals surface area contributed by atoms with E-state index in [1.165, 1.54) is 24.9 Å². The number of hydrogen-bond donors (Lipinski definition) is 0. The summed E-state index contributed by atoms with van der Waals surface area (Å²) in [5.74, 6) is 1.85. The van der Waals surface area contributed by atoms with Crippen LogP contribution in [0.15, 0.2) is 12.3 Å². The highest BCUT2D eigenvalue weighted by Crippen LogP contribution is 2.30. The Labute approximate surface area is 92.8 Å². The summed E-state index contributed by atoms with van der Waals surface area (Å²) in [6.45, 7) is 6.49. The highest BCUT2D eigenvalue weighted by Gasteiger charge is 2.22. The van der Waals surface area contributed by atoms with Gasteiger partial charge in [-0.3, -0.25) is 0 Å². The normalized spacial score (nSPS) is 17.3. The lowest BCUT2D eigenvalue weighted by Gasteiger charge is -2.24. The molecular formula is C12H19BN2. The zero-order chi connectivity index (χ0) is 10.9. The van der Waals surface area contributed by atoms with Crippen molar-refractivity contribution in [1.29, 1.82) is 0 Å². The lowest BCUT2D eigenvalue weighted by molar-refractivity contribution is 0.500.